The van der Waals surface area contributed by atoms with Crippen LogP contribution >= 0.6 is 0 Å². The minimum Gasteiger partial charge on any atom is -0.462 e. The van der Waals surface area contributed by atoms with Crippen molar-refractivity contribution in [3.05, 3.63) is 36.5 Å². The standard InChI is InChI=1S/C18H28O2/c1-2-14-17-15-12-10-8-6-4-3-5-7-9-11-13-16-18(19)20-17/h3-4,6,8,10,12,17H,2,5,7,9,11,13-16H2,1H3/b4-3+,8-6+,12-10-. The molecule has 0 aromatic rings. The Morgan fingerprint density at radius 2 is 1.80 bits per heavy atom. The summed E-state index contributed by atoms with van der Waals surface area (Å²) in [4.78, 5) is 11.8. The summed E-state index contributed by atoms with van der Waals surface area (Å²) >= 11 is 0. The number of esters is 1. The number of allylic oxidation sites excluding steroid dienone is 5. The third kappa shape index (κ3) is 8.73. The minimum absolute atomic E-state index is 0.0283. The highest BCUT2D eigenvalue weighted by atomic mass is 16.5. The lowest BCUT2D eigenvalue weighted by Crippen LogP contribution is -2.17. The van der Waals surface area contributed by atoms with Crippen molar-refractivity contribution in [3.63, 3.8) is 0 Å². The van der Waals surface area contributed by atoms with E-state index in [0.29, 0.717) is 6.42 Å². The second-order valence-corrected chi connectivity index (χ2v) is 5.33. The van der Waals surface area contributed by atoms with Gasteiger partial charge >= 0.3 is 5.97 Å². The zero-order valence-corrected chi connectivity index (χ0v) is 12.7. The van der Waals surface area contributed by atoms with Crippen LogP contribution in [-0.4, -0.2) is 12.1 Å². The Labute approximate surface area is 123 Å². The van der Waals surface area contributed by atoms with Gasteiger partial charge in [0, 0.05) is 12.8 Å². The van der Waals surface area contributed by atoms with Gasteiger partial charge in [-0.05, 0) is 25.7 Å². The molecule has 1 atom stereocenters. The predicted octanol–water partition coefficient (Wildman–Crippen LogP) is 5.11. The molecular formula is C18H28O2. The van der Waals surface area contributed by atoms with E-state index in [9.17, 15) is 4.79 Å². The van der Waals surface area contributed by atoms with E-state index in [4.69, 9.17) is 4.74 Å². The lowest BCUT2D eigenvalue weighted by Gasteiger charge is -2.15. The molecule has 1 aliphatic heterocycles. The van der Waals surface area contributed by atoms with Gasteiger partial charge in [-0.2, -0.15) is 0 Å². The van der Waals surface area contributed by atoms with Crippen molar-refractivity contribution in [2.45, 2.75) is 70.8 Å². The summed E-state index contributed by atoms with van der Waals surface area (Å²) in [5.41, 5.74) is 0. The van der Waals surface area contributed by atoms with Gasteiger partial charge in [-0.1, -0.05) is 62.6 Å². The first-order valence-corrected chi connectivity index (χ1v) is 8.00. The maximum Gasteiger partial charge on any atom is 0.306 e. The van der Waals surface area contributed by atoms with Crippen molar-refractivity contribution < 1.29 is 9.53 Å². The van der Waals surface area contributed by atoms with Crippen molar-refractivity contribution in [1.29, 1.82) is 0 Å². The molecule has 20 heavy (non-hydrogen) atoms. The molecule has 0 aliphatic carbocycles. The van der Waals surface area contributed by atoms with Crippen molar-refractivity contribution in [2.75, 3.05) is 0 Å². The van der Waals surface area contributed by atoms with Crippen LogP contribution in [0.2, 0.25) is 0 Å². The summed E-state index contributed by atoms with van der Waals surface area (Å²) in [7, 11) is 0. The zero-order valence-electron chi connectivity index (χ0n) is 12.7. The van der Waals surface area contributed by atoms with E-state index in [1.807, 2.05) is 12.2 Å². The van der Waals surface area contributed by atoms with Crippen LogP contribution in [-0.2, 0) is 9.53 Å². The third-order valence-corrected chi connectivity index (χ3v) is 3.41. The molecule has 112 valence electrons. The van der Waals surface area contributed by atoms with Gasteiger partial charge in [-0.3, -0.25) is 4.79 Å². The van der Waals surface area contributed by atoms with E-state index < -0.39 is 0 Å². The number of cyclic esters (lactones) is 1. The predicted molar refractivity (Wildman–Crippen MR) is 84.5 cm³/mol. The molecule has 1 unspecified atom stereocenters. The fourth-order valence-electron chi connectivity index (χ4n) is 2.29. The summed E-state index contributed by atoms with van der Waals surface area (Å²) in [6.07, 6.45) is 21.5. The quantitative estimate of drug-likeness (QED) is 0.655. The van der Waals surface area contributed by atoms with Crippen LogP contribution in [0.4, 0.5) is 0 Å². The number of hydrogen-bond acceptors (Lipinski definition) is 2. The maximum atomic E-state index is 11.8. The summed E-state index contributed by atoms with van der Waals surface area (Å²) in [5, 5.41) is 0. The maximum absolute atomic E-state index is 11.8. The topological polar surface area (TPSA) is 26.3 Å². The molecule has 0 spiro atoms. The molecule has 0 saturated carbocycles. The van der Waals surface area contributed by atoms with E-state index in [-0.39, 0.29) is 12.1 Å². The van der Waals surface area contributed by atoms with E-state index in [1.54, 1.807) is 0 Å². The molecule has 0 bridgehead atoms. The van der Waals surface area contributed by atoms with Gasteiger partial charge in [0.15, 0.2) is 0 Å². The molecule has 1 rings (SSSR count). The first-order chi connectivity index (χ1) is 9.83. The van der Waals surface area contributed by atoms with Crippen molar-refractivity contribution in [2.24, 2.45) is 0 Å². The fourth-order valence-corrected chi connectivity index (χ4v) is 2.29. The molecule has 0 aromatic carbocycles. The fraction of sp³-hybridized carbons (Fsp3) is 0.611. The second kappa shape index (κ2) is 11.5. The van der Waals surface area contributed by atoms with Gasteiger partial charge in [0.1, 0.15) is 6.10 Å². The van der Waals surface area contributed by atoms with Crippen LogP contribution in [0, 0.1) is 0 Å². The molecule has 0 saturated heterocycles. The summed E-state index contributed by atoms with van der Waals surface area (Å²) in [6.45, 7) is 2.13. The third-order valence-electron chi connectivity index (χ3n) is 3.41. The summed E-state index contributed by atoms with van der Waals surface area (Å²) in [6, 6.07) is 0. The first-order valence-electron chi connectivity index (χ1n) is 8.00. The Kier molecular flexibility index (Phi) is 9.64. The van der Waals surface area contributed by atoms with Crippen LogP contribution in [0.5, 0.6) is 0 Å². The Morgan fingerprint density at radius 3 is 2.60 bits per heavy atom. The number of rotatable bonds is 2. The lowest BCUT2D eigenvalue weighted by atomic mass is 10.1. The summed E-state index contributed by atoms with van der Waals surface area (Å²) < 4.78 is 5.56. The first kappa shape index (κ1) is 16.7. The monoisotopic (exact) mass is 276 g/mol. The molecule has 0 aromatic heterocycles. The minimum atomic E-state index is -0.0283. The van der Waals surface area contributed by atoms with Crippen LogP contribution in [0.15, 0.2) is 36.5 Å². The SMILES string of the molecule is CCCC1C\C=C/C=C/C=C/CCCCCCC(=O)O1. The highest BCUT2D eigenvalue weighted by Gasteiger charge is 2.11. The number of carbonyl (C=O) groups is 1. The van der Waals surface area contributed by atoms with Gasteiger partial charge < -0.3 is 4.74 Å². The Hall–Kier alpha value is -1.31. The van der Waals surface area contributed by atoms with Gasteiger partial charge in [-0.15, -0.1) is 0 Å². The second-order valence-electron chi connectivity index (χ2n) is 5.33. The molecule has 0 amide bonds. The molecule has 2 heteroatoms. The normalized spacial score (nSPS) is 27.4. The van der Waals surface area contributed by atoms with Crippen LogP contribution < -0.4 is 0 Å². The average molecular weight is 276 g/mol. The largest absolute Gasteiger partial charge is 0.462 e. The van der Waals surface area contributed by atoms with Gasteiger partial charge in [0.2, 0.25) is 0 Å². The number of hydrogen-bond donors (Lipinski definition) is 0. The molecule has 1 aliphatic rings. The van der Waals surface area contributed by atoms with E-state index in [2.05, 4.69) is 31.2 Å². The Bertz CT molecular complexity index is 339. The van der Waals surface area contributed by atoms with E-state index in [1.165, 1.54) is 12.8 Å². The molecular weight excluding hydrogens is 248 g/mol. The summed E-state index contributed by atoms with van der Waals surface area (Å²) in [5.74, 6) is -0.0283. The molecule has 1 heterocycles. The zero-order chi connectivity index (χ0) is 14.5. The average Bonchev–Trinajstić information content (AvgIpc) is 2.42. The van der Waals surface area contributed by atoms with Crippen molar-refractivity contribution in [1.82, 2.24) is 0 Å². The Balaban J connectivity index is 2.52. The van der Waals surface area contributed by atoms with Crippen LogP contribution in [0.1, 0.15) is 64.7 Å². The Morgan fingerprint density at radius 1 is 1.05 bits per heavy atom. The lowest BCUT2D eigenvalue weighted by molar-refractivity contribution is -0.149. The van der Waals surface area contributed by atoms with Gasteiger partial charge in [-0.25, -0.2) is 0 Å². The molecule has 0 radical (unpaired) electrons. The van der Waals surface area contributed by atoms with E-state index in [0.717, 1.165) is 38.5 Å². The number of ether oxygens (including phenoxy) is 1. The van der Waals surface area contributed by atoms with Crippen molar-refractivity contribution >= 4 is 5.97 Å². The molecule has 2 nitrogen and oxygen atoms in total. The van der Waals surface area contributed by atoms with Gasteiger partial charge in [0.25, 0.3) is 0 Å². The van der Waals surface area contributed by atoms with E-state index >= 15 is 0 Å². The van der Waals surface area contributed by atoms with Crippen LogP contribution in [0.3, 0.4) is 0 Å². The molecule has 0 N–H and O–H groups in total. The van der Waals surface area contributed by atoms with Crippen molar-refractivity contribution in [3.8, 4) is 0 Å². The highest BCUT2D eigenvalue weighted by Crippen LogP contribution is 2.12. The van der Waals surface area contributed by atoms with Crippen LogP contribution in [0.25, 0.3) is 0 Å². The number of carbonyl (C=O) groups excluding carboxylic acids is 1. The smallest absolute Gasteiger partial charge is 0.306 e. The van der Waals surface area contributed by atoms with Gasteiger partial charge in [0.05, 0.1) is 0 Å². The molecule has 0 fully saturated rings. The highest BCUT2D eigenvalue weighted by molar-refractivity contribution is 5.69.